The van der Waals surface area contributed by atoms with Crippen LogP contribution in [0.5, 0.6) is 0 Å². The van der Waals surface area contributed by atoms with Crippen molar-refractivity contribution in [2.45, 2.75) is 11.8 Å². The van der Waals surface area contributed by atoms with Crippen LogP contribution in [-0.4, -0.2) is 28.6 Å². The summed E-state index contributed by atoms with van der Waals surface area (Å²) in [6.45, 7) is 1.67. The third kappa shape index (κ3) is 1.79. The fourth-order valence-corrected chi connectivity index (χ4v) is 2.04. The maximum atomic E-state index is 11.4. The normalized spacial score (nSPS) is 11.6. The van der Waals surface area contributed by atoms with Gasteiger partial charge in [-0.05, 0) is 29.5 Å². The van der Waals surface area contributed by atoms with Gasteiger partial charge in [0.25, 0.3) is 0 Å². The summed E-state index contributed by atoms with van der Waals surface area (Å²) in [6, 6.07) is 6.27. The van der Waals surface area contributed by atoms with Crippen LogP contribution in [-0.2, 0) is 10.0 Å². The van der Waals surface area contributed by atoms with Crippen LogP contribution in [0.3, 0.4) is 0 Å². The molecule has 1 heterocycles. The molecular weight excluding hydrogens is 230 g/mol. The van der Waals surface area contributed by atoms with Gasteiger partial charge >= 0.3 is 0 Å². The predicted octanol–water partition coefficient (Wildman–Crippen LogP) is -0.382. The van der Waals surface area contributed by atoms with Crippen LogP contribution in [0.2, 0.25) is 0 Å². The quantitative estimate of drug-likeness (QED) is 0.769. The molecule has 84 valence electrons. The number of hydrogen-bond donors (Lipinski definition) is 1. The first-order chi connectivity index (χ1) is 7.50. The largest absolute Gasteiger partial charge is 0.240 e. The Hall–Kier alpha value is -1.80. The van der Waals surface area contributed by atoms with E-state index in [9.17, 15) is 8.42 Å². The molecule has 0 fully saturated rings. The zero-order valence-corrected chi connectivity index (χ0v) is 9.22. The smallest absolute Gasteiger partial charge is 0.225 e. The van der Waals surface area contributed by atoms with Crippen LogP contribution >= 0.6 is 0 Å². The fraction of sp³-hybridized carbons (Fsp3) is 0.125. The van der Waals surface area contributed by atoms with Crippen molar-refractivity contribution < 1.29 is 8.42 Å². The SMILES string of the molecule is Cc1nnnn1-c1ccccc1S(N)(=O)=O. The van der Waals surface area contributed by atoms with Crippen molar-refractivity contribution in [2.75, 3.05) is 0 Å². The topological polar surface area (TPSA) is 104 Å². The Bertz CT molecular complexity index is 619. The van der Waals surface area contributed by atoms with Gasteiger partial charge in [0.2, 0.25) is 10.0 Å². The van der Waals surface area contributed by atoms with Crippen LogP contribution in [0.25, 0.3) is 5.69 Å². The van der Waals surface area contributed by atoms with Crippen molar-refractivity contribution in [3.63, 3.8) is 0 Å². The first-order valence-corrected chi connectivity index (χ1v) is 5.92. The number of aryl methyl sites for hydroxylation is 1. The number of hydrogen-bond acceptors (Lipinski definition) is 5. The van der Waals surface area contributed by atoms with Crippen molar-refractivity contribution in [3.05, 3.63) is 30.1 Å². The lowest BCUT2D eigenvalue weighted by molar-refractivity contribution is 0.596. The van der Waals surface area contributed by atoms with E-state index in [0.29, 0.717) is 11.5 Å². The van der Waals surface area contributed by atoms with Gasteiger partial charge in [-0.25, -0.2) is 13.6 Å². The third-order valence-electron chi connectivity index (χ3n) is 2.03. The Morgan fingerprint density at radius 1 is 1.31 bits per heavy atom. The average molecular weight is 239 g/mol. The Balaban J connectivity index is 2.72. The molecule has 0 aliphatic rings. The number of benzene rings is 1. The molecule has 0 unspecified atom stereocenters. The average Bonchev–Trinajstić information content (AvgIpc) is 2.63. The number of sulfonamides is 1. The Morgan fingerprint density at radius 3 is 2.56 bits per heavy atom. The molecule has 0 radical (unpaired) electrons. The lowest BCUT2D eigenvalue weighted by atomic mass is 10.3. The molecule has 2 N–H and O–H groups in total. The van der Waals surface area contributed by atoms with Crippen molar-refractivity contribution in [1.82, 2.24) is 20.2 Å². The molecule has 1 aromatic heterocycles. The van der Waals surface area contributed by atoms with Crippen LogP contribution in [0.1, 0.15) is 5.82 Å². The first-order valence-electron chi connectivity index (χ1n) is 4.37. The zero-order valence-electron chi connectivity index (χ0n) is 8.40. The molecule has 0 saturated carbocycles. The van der Waals surface area contributed by atoms with Gasteiger partial charge < -0.3 is 0 Å². The number of para-hydroxylation sites is 1. The van der Waals surface area contributed by atoms with E-state index in [1.54, 1.807) is 25.1 Å². The summed E-state index contributed by atoms with van der Waals surface area (Å²) in [7, 11) is -3.79. The molecule has 2 aromatic rings. The van der Waals surface area contributed by atoms with E-state index in [1.807, 2.05) is 0 Å². The second-order valence-electron chi connectivity index (χ2n) is 3.15. The van der Waals surface area contributed by atoms with Gasteiger partial charge in [-0.15, -0.1) is 5.10 Å². The van der Waals surface area contributed by atoms with Crippen LogP contribution in [0.15, 0.2) is 29.2 Å². The summed E-state index contributed by atoms with van der Waals surface area (Å²) in [5, 5.41) is 15.9. The summed E-state index contributed by atoms with van der Waals surface area (Å²) < 4.78 is 24.0. The molecule has 16 heavy (non-hydrogen) atoms. The zero-order chi connectivity index (χ0) is 11.8. The van der Waals surface area contributed by atoms with Gasteiger partial charge in [0.1, 0.15) is 4.90 Å². The maximum absolute atomic E-state index is 11.4. The van der Waals surface area contributed by atoms with E-state index in [2.05, 4.69) is 15.5 Å². The number of tetrazole rings is 1. The number of primary sulfonamides is 1. The van der Waals surface area contributed by atoms with Crippen LogP contribution in [0.4, 0.5) is 0 Å². The number of aromatic nitrogens is 4. The molecule has 0 saturated heterocycles. The van der Waals surface area contributed by atoms with Crippen molar-refractivity contribution >= 4 is 10.0 Å². The molecule has 0 atom stereocenters. The highest BCUT2D eigenvalue weighted by atomic mass is 32.2. The summed E-state index contributed by atoms with van der Waals surface area (Å²) in [4.78, 5) is -0.00889. The van der Waals surface area contributed by atoms with Gasteiger partial charge in [0.05, 0.1) is 5.69 Å². The molecule has 0 amide bonds. The molecule has 1 aromatic carbocycles. The highest BCUT2D eigenvalue weighted by molar-refractivity contribution is 7.89. The molecule has 0 bridgehead atoms. The number of nitrogens with zero attached hydrogens (tertiary/aromatic N) is 4. The predicted molar refractivity (Wildman–Crippen MR) is 55.3 cm³/mol. The lowest BCUT2D eigenvalue weighted by Gasteiger charge is -2.06. The van der Waals surface area contributed by atoms with Crippen LogP contribution in [0, 0.1) is 6.92 Å². The lowest BCUT2D eigenvalue weighted by Crippen LogP contribution is -2.16. The Kier molecular flexibility index (Phi) is 2.44. The summed E-state index contributed by atoms with van der Waals surface area (Å²) in [5.74, 6) is 0.483. The van der Waals surface area contributed by atoms with Gasteiger partial charge in [-0.1, -0.05) is 12.1 Å². The molecule has 0 aliphatic carbocycles. The second kappa shape index (κ2) is 3.65. The van der Waals surface area contributed by atoms with Crippen molar-refractivity contribution in [3.8, 4) is 5.69 Å². The van der Waals surface area contributed by atoms with E-state index >= 15 is 0 Å². The van der Waals surface area contributed by atoms with Gasteiger partial charge in [-0.3, -0.25) is 0 Å². The minimum atomic E-state index is -3.79. The highest BCUT2D eigenvalue weighted by Gasteiger charge is 2.16. The minimum Gasteiger partial charge on any atom is -0.225 e. The summed E-state index contributed by atoms with van der Waals surface area (Å²) in [6.07, 6.45) is 0. The monoisotopic (exact) mass is 239 g/mol. The van der Waals surface area contributed by atoms with Gasteiger partial charge in [0.15, 0.2) is 5.82 Å². The van der Waals surface area contributed by atoms with E-state index in [0.717, 1.165) is 0 Å². The van der Waals surface area contributed by atoms with E-state index in [1.165, 1.54) is 10.7 Å². The second-order valence-corrected chi connectivity index (χ2v) is 4.68. The maximum Gasteiger partial charge on any atom is 0.240 e. The summed E-state index contributed by atoms with van der Waals surface area (Å²) >= 11 is 0. The number of rotatable bonds is 2. The number of nitrogens with two attached hydrogens (primary N) is 1. The molecule has 7 nitrogen and oxygen atoms in total. The molecular formula is C8H9N5O2S. The molecule has 0 aliphatic heterocycles. The van der Waals surface area contributed by atoms with Gasteiger partial charge in [-0.2, -0.15) is 4.68 Å². The minimum absolute atomic E-state index is 0.00889. The molecule has 0 spiro atoms. The van der Waals surface area contributed by atoms with E-state index in [-0.39, 0.29) is 4.90 Å². The third-order valence-corrected chi connectivity index (χ3v) is 2.98. The van der Waals surface area contributed by atoms with E-state index in [4.69, 9.17) is 5.14 Å². The van der Waals surface area contributed by atoms with Crippen molar-refractivity contribution in [1.29, 1.82) is 0 Å². The molecule has 8 heteroatoms. The van der Waals surface area contributed by atoms with E-state index < -0.39 is 10.0 Å². The summed E-state index contributed by atoms with van der Waals surface area (Å²) in [5.41, 5.74) is 0.340. The van der Waals surface area contributed by atoms with Crippen molar-refractivity contribution in [2.24, 2.45) is 5.14 Å². The van der Waals surface area contributed by atoms with Gasteiger partial charge in [0, 0.05) is 0 Å². The van der Waals surface area contributed by atoms with Crippen LogP contribution < -0.4 is 5.14 Å². The Labute approximate surface area is 91.9 Å². The fourth-order valence-electron chi connectivity index (χ4n) is 1.33. The standard InChI is InChI=1S/C8H9N5O2S/c1-6-10-11-12-13(6)7-4-2-3-5-8(7)16(9,14)15/h2-5H,1H3,(H2,9,14,15). The Morgan fingerprint density at radius 2 is 2.00 bits per heavy atom. The first kappa shape index (κ1) is 10.7. The molecule has 2 rings (SSSR count). The highest BCUT2D eigenvalue weighted by Crippen LogP contribution is 2.17.